The van der Waals surface area contributed by atoms with Crippen LogP contribution in [0.3, 0.4) is 0 Å². The number of benzene rings is 1. The third-order valence-corrected chi connectivity index (χ3v) is 3.54. The highest BCUT2D eigenvalue weighted by atomic mass is 35.5. The lowest BCUT2D eigenvalue weighted by molar-refractivity contribution is -0.138. The number of nitrogens with one attached hydrogen (secondary N) is 1. The molecule has 23 heavy (non-hydrogen) atoms. The van der Waals surface area contributed by atoms with Crippen molar-refractivity contribution in [3.63, 3.8) is 0 Å². The summed E-state index contributed by atoms with van der Waals surface area (Å²) < 4.78 is 52.9. The van der Waals surface area contributed by atoms with E-state index in [1.54, 1.807) is 4.90 Å². The summed E-state index contributed by atoms with van der Waals surface area (Å²) in [5, 5.41) is 12.9. The molecule has 1 aliphatic heterocycles. The van der Waals surface area contributed by atoms with E-state index in [-0.39, 0.29) is 24.8 Å². The number of halogens is 6. The molecule has 2 N–H and O–H groups in total. The molecule has 0 saturated carbocycles. The highest BCUT2D eigenvalue weighted by Gasteiger charge is 2.38. The van der Waals surface area contributed by atoms with Crippen molar-refractivity contribution in [1.29, 1.82) is 0 Å². The molecule has 1 fully saturated rings. The summed E-state index contributed by atoms with van der Waals surface area (Å²) in [6.07, 6.45) is -3.37. The van der Waals surface area contributed by atoms with Crippen molar-refractivity contribution < 1.29 is 22.7 Å². The number of rotatable bonds is 3. The van der Waals surface area contributed by atoms with Gasteiger partial charge in [-0.05, 0) is 12.1 Å². The fraction of sp³-hybridized carbons (Fsp3) is 0.429. The first kappa shape index (κ1) is 22.0. The summed E-state index contributed by atoms with van der Waals surface area (Å²) in [6, 6.07) is 0.391. The Balaban J connectivity index is 0.00000242. The SMILES string of the molecule is C=C[C@@H](c1c(C(F)(F)F)ccc(F)c1O)N1CCNCC1.Cl.Cl. The van der Waals surface area contributed by atoms with Gasteiger partial charge in [0.2, 0.25) is 0 Å². The third kappa shape index (κ3) is 4.73. The second-order valence-corrected chi connectivity index (χ2v) is 4.82. The van der Waals surface area contributed by atoms with Gasteiger partial charge in [0.1, 0.15) is 0 Å². The van der Waals surface area contributed by atoms with Crippen molar-refractivity contribution in [2.75, 3.05) is 26.2 Å². The number of hydrogen-bond acceptors (Lipinski definition) is 3. The quantitative estimate of drug-likeness (QED) is 0.625. The van der Waals surface area contributed by atoms with Crippen LogP contribution in [0.15, 0.2) is 24.8 Å². The van der Waals surface area contributed by atoms with Crippen LogP contribution < -0.4 is 5.32 Å². The van der Waals surface area contributed by atoms with E-state index in [0.29, 0.717) is 38.3 Å². The molecule has 132 valence electrons. The zero-order valence-electron chi connectivity index (χ0n) is 12.1. The van der Waals surface area contributed by atoms with Crippen molar-refractivity contribution >= 4 is 24.8 Å². The molecule has 0 aliphatic carbocycles. The summed E-state index contributed by atoms with van der Waals surface area (Å²) in [5.41, 5.74) is -1.51. The minimum absolute atomic E-state index is 0. The number of alkyl halides is 3. The van der Waals surface area contributed by atoms with Gasteiger partial charge in [0, 0.05) is 31.7 Å². The molecule has 0 unspecified atom stereocenters. The van der Waals surface area contributed by atoms with Gasteiger partial charge in [0.05, 0.1) is 11.6 Å². The molecule has 0 aromatic heterocycles. The highest BCUT2D eigenvalue weighted by Crippen LogP contribution is 2.42. The fourth-order valence-corrected chi connectivity index (χ4v) is 2.54. The molecule has 1 saturated heterocycles. The zero-order valence-corrected chi connectivity index (χ0v) is 13.7. The van der Waals surface area contributed by atoms with Gasteiger partial charge >= 0.3 is 6.18 Å². The van der Waals surface area contributed by atoms with Crippen molar-refractivity contribution in [3.05, 3.63) is 41.7 Å². The van der Waals surface area contributed by atoms with Gasteiger partial charge in [-0.15, -0.1) is 31.4 Å². The van der Waals surface area contributed by atoms with Crippen LogP contribution in [0.2, 0.25) is 0 Å². The second kappa shape index (κ2) is 8.73. The lowest BCUT2D eigenvalue weighted by atomic mass is 9.96. The number of phenols is 1. The lowest BCUT2D eigenvalue weighted by Crippen LogP contribution is -2.45. The summed E-state index contributed by atoms with van der Waals surface area (Å²) in [5.74, 6) is -2.03. The van der Waals surface area contributed by atoms with E-state index in [1.165, 1.54) is 6.08 Å². The molecular weight excluding hydrogens is 359 g/mol. The number of aromatic hydroxyl groups is 1. The van der Waals surface area contributed by atoms with Crippen LogP contribution in [0.4, 0.5) is 17.6 Å². The Bertz CT molecular complexity index is 534. The molecular formula is C14H18Cl2F4N2O. The largest absolute Gasteiger partial charge is 0.505 e. The average molecular weight is 377 g/mol. The third-order valence-electron chi connectivity index (χ3n) is 3.54. The molecule has 0 amide bonds. The number of phenolic OH excluding ortho intramolecular Hbond substituents is 1. The van der Waals surface area contributed by atoms with E-state index >= 15 is 0 Å². The van der Waals surface area contributed by atoms with Gasteiger partial charge in [-0.3, -0.25) is 4.90 Å². The summed E-state index contributed by atoms with van der Waals surface area (Å²) in [7, 11) is 0. The highest BCUT2D eigenvalue weighted by molar-refractivity contribution is 5.85. The number of hydrogen-bond donors (Lipinski definition) is 2. The smallest absolute Gasteiger partial charge is 0.416 e. The van der Waals surface area contributed by atoms with E-state index < -0.39 is 34.9 Å². The van der Waals surface area contributed by atoms with Gasteiger partial charge in [0.15, 0.2) is 11.6 Å². The maximum Gasteiger partial charge on any atom is 0.416 e. The first-order valence-electron chi connectivity index (χ1n) is 6.52. The molecule has 1 aliphatic rings. The molecule has 9 heteroatoms. The zero-order chi connectivity index (χ0) is 15.6. The van der Waals surface area contributed by atoms with Crippen LogP contribution in [0.5, 0.6) is 5.75 Å². The standard InChI is InChI=1S/C14H16F4N2O.2ClH/c1-2-11(20-7-5-19-6-8-20)12-9(14(16,17)18)3-4-10(15)13(12)21;;/h2-4,11,19,21H,1,5-8H2;2*1H/t11-;;/m0../s1. The van der Waals surface area contributed by atoms with Crippen molar-refractivity contribution in [3.8, 4) is 5.75 Å². The Morgan fingerprint density at radius 3 is 2.26 bits per heavy atom. The van der Waals surface area contributed by atoms with Gasteiger partial charge in [-0.25, -0.2) is 4.39 Å². The van der Waals surface area contributed by atoms with Crippen LogP contribution in [-0.2, 0) is 6.18 Å². The summed E-state index contributed by atoms with van der Waals surface area (Å²) in [6.45, 7) is 5.75. The van der Waals surface area contributed by atoms with Crippen molar-refractivity contribution in [1.82, 2.24) is 10.2 Å². The molecule has 3 nitrogen and oxygen atoms in total. The van der Waals surface area contributed by atoms with Crippen molar-refractivity contribution in [2.24, 2.45) is 0 Å². The van der Waals surface area contributed by atoms with Gasteiger partial charge < -0.3 is 10.4 Å². The monoisotopic (exact) mass is 376 g/mol. The van der Waals surface area contributed by atoms with E-state index in [9.17, 15) is 22.7 Å². The van der Waals surface area contributed by atoms with Crippen LogP contribution in [0.25, 0.3) is 0 Å². The van der Waals surface area contributed by atoms with E-state index in [2.05, 4.69) is 11.9 Å². The molecule has 0 spiro atoms. The number of nitrogens with zero attached hydrogens (tertiary/aromatic N) is 1. The molecule has 1 atom stereocenters. The van der Waals surface area contributed by atoms with Crippen molar-refractivity contribution in [2.45, 2.75) is 12.2 Å². The molecule has 0 radical (unpaired) electrons. The van der Waals surface area contributed by atoms with Gasteiger partial charge in [-0.1, -0.05) is 6.08 Å². The Hall–Kier alpha value is -1.02. The first-order valence-corrected chi connectivity index (χ1v) is 6.52. The van der Waals surface area contributed by atoms with Crippen LogP contribution in [0.1, 0.15) is 17.2 Å². The van der Waals surface area contributed by atoms with E-state index in [0.717, 1.165) is 0 Å². The van der Waals surface area contributed by atoms with Gasteiger partial charge in [0.25, 0.3) is 0 Å². The molecule has 1 aromatic carbocycles. The predicted octanol–water partition coefficient (Wildman–Crippen LogP) is 3.53. The fourth-order valence-electron chi connectivity index (χ4n) is 2.54. The predicted molar refractivity (Wildman–Crippen MR) is 84.9 cm³/mol. The average Bonchev–Trinajstić information content (AvgIpc) is 2.44. The second-order valence-electron chi connectivity index (χ2n) is 4.82. The Kier molecular flexibility index (Phi) is 8.34. The molecule has 2 rings (SSSR count). The topological polar surface area (TPSA) is 35.5 Å². The van der Waals surface area contributed by atoms with E-state index in [1.807, 2.05) is 0 Å². The number of piperazine rings is 1. The van der Waals surface area contributed by atoms with E-state index in [4.69, 9.17) is 0 Å². The lowest BCUT2D eigenvalue weighted by Gasteiger charge is -2.34. The van der Waals surface area contributed by atoms with Crippen LogP contribution in [0, 0.1) is 5.82 Å². The molecule has 1 heterocycles. The summed E-state index contributed by atoms with van der Waals surface area (Å²) in [4.78, 5) is 1.73. The maximum atomic E-state index is 13.5. The van der Waals surface area contributed by atoms with Crippen LogP contribution in [-0.4, -0.2) is 36.2 Å². The normalized spacial score (nSPS) is 16.9. The van der Waals surface area contributed by atoms with Crippen LogP contribution >= 0.6 is 24.8 Å². The minimum atomic E-state index is -4.67. The minimum Gasteiger partial charge on any atom is -0.505 e. The Labute approximate surface area is 144 Å². The Morgan fingerprint density at radius 1 is 1.22 bits per heavy atom. The Morgan fingerprint density at radius 2 is 1.78 bits per heavy atom. The molecule has 0 bridgehead atoms. The first-order chi connectivity index (χ1) is 9.86. The summed E-state index contributed by atoms with van der Waals surface area (Å²) >= 11 is 0. The maximum absolute atomic E-state index is 13.5. The molecule has 1 aromatic rings. The van der Waals surface area contributed by atoms with Gasteiger partial charge in [-0.2, -0.15) is 13.2 Å².